The van der Waals surface area contributed by atoms with Gasteiger partial charge in [-0.05, 0) is 56.4 Å². The highest BCUT2D eigenvalue weighted by molar-refractivity contribution is 7.13. The Kier molecular flexibility index (Phi) is 6.67. The van der Waals surface area contributed by atoms with Crippen LogP contribution in [0.5, 0.6) is 0 Å². The van der Waals surface area contributed by atoms with Gasteiger partial charge in [0.05, 0.1) is 18.3 Å². The molecule has 7 heteroatoms. The minimum Gasteiger partial charge on any atom is -0.345 e. The van der Waals surface area contributed by atoms with Crippen molar-refractivity contribution in [2.75, 3.05) is 16.3 Å². The molecule has 1 amide bonds. The van der Waals surface area contributed by atoms with Gasteiger partial charge in [-0.1, -0.05) is 13.8 Å². The number of rotatable bonds is 9. The van der Waals surface area contributed by atoms with Gasteiger partial charge in [-0.15, -0.1) is 11.3 Å². The smallest absolute Gasteiger partial charge is 0.244 e. The molecule has 1 aliphatic rings. The van der Waals surface area contributed by atoms with Crippen LogP contribution in [0.25, 0.3) is 0 Å². The molecule has 1 heterocycles. The first-order chi connectivity index (χ1) is 13.4. The number of aromatic nitrogens is 1. The van der Waals surface area contributed by atoms with Crippen LogP contribution < -0.4 is 15.5 Å². The number of hydrogen-bond donors (Lipinski definition) is 1. The SMILES string of the molecule is CCN(c1nc(CN(C(=O)[C@H](N)CC(C)C)c2ccc(F)cc2)cs1)C1CC1. The maximum Gasteiger partial charge on any atom is 0.244 e. The quantitative estimate of drug-likeness (QED) is 0.681. The summed E-state index contributed by atoms with van der Waals surface area (Å²) >= 11 is 1.61. The summed E-state index contributed by atoms with van der Waals surface area (Å²) in [4.78, 5) is 21.8. The second-order valence-corrected chi connectivity index (χ2v) is 8.61. The lowest BCUT2D eigenvalue weighted by molar-refractivity contribution is -0.120. The minimum absolute atomic E-state index is 0.163. The van der Waals surface area contributed by atoms with Gasteiger partial charge in [0, 0.05) is 23.7 Å². The van der Waals surface area contributed by atoms with Crippen LogP contribution in [0.15, 0.2) is 29.6 Å². The number of nitrogens with zero attached hydrogens (tertiary/aromatic N) is 3. The van der Waals surface area contributed by atoms with Gasteiger partial charge in [0.2, 0.25) is 5.91 Å². The van der Waals surface area contributed by atoms with Crippen LogP contribution in [0.1, 0.15) is 45.7 Å². The van der Waals surface area contributed by atoms with Crippen LogP contribution in [0, 0.1) is 11.7 Å². The summed E-state index contributed by atoms with van der Waals surface area (Å²) in [7, 11) is 0. The number of benzene rings is 1. The fourth-order valence-corrected chi connectivity index (χ4v) is 4.28. The summed E-state index contributed by atoms with van der Waals surface area (Å²) in [5, 5.41) is 3.00. The van der Waals surface area contributed by atoms with E-state index in [1.54, 1.807) is 28.4 Å². The molecular weight excluding hydrogens is 375 g/mol. The van der Waals surface area contributed by atoms with Crippen molar-refractivity contribution < 1.29 is 9.18 Å². The molecule has 1 aromatic carbocycles. The van der Waals surface area contributed by atoms with Gasteiger partial charge in [-0.2, -0.15) is 0 Å². The van der Waals surface area contributed by atoms with Gasteiger partial charge >= 0.3 is 0 Å². The first-order valence-electron chi connectivity index (χ1n) is 9.92. The summed E-state index contributed by atoms with van der Waals surface area (Å²) in [5.41, 5.74) is 7.63. The van der Waals surface area contributed by atoms with Crippen molar-refractivity contribution in [2.24, 2.45) is 11.7 Å². The van der Waals surface area contributed by atoms with Gasteiger partial charge in [-0.25, -0.2) is 9.37 Å². The Labute approximate surface area is 170 Å². The Hall–Kier alpha value is -1.99. The first-order valence-corrected chi connectivity index (χ1v) is 10.8. The van der Waals surface area contributed by atoms with Crippen LogP contribution >= 0.6 is 11.3 Å². The van der Waals surface area contributed by atoms with E-state index in [-0.39, 0.29) is 11.7 Å². The molecule has 0 aliphatic heterocycles. The molecule has 5 nitrogen and oxygen atoms in total. The van der Waals surface area contributed by atoms with Crippen molar-refractivity contribution in [1.29, 1.82) is 0 Å². The molecule has 28 heavy (non-hydrogen) atoms. The molecule has 1 aliphatic carbocycles. The zero-order valence-electron chi connectivity index (χ0n) is 16.8. The topological polar surface area (TPSA) is 62.5 Å². The molecule has 2 aromatic rings. The van der Waals surface area contributed by atoms with Gasteiger partial charge in [0.15, 0.2) is 5.13 Å². The van der Waals surface area contributed by atoms with Gasteiger partial charge < -0.3 is 15.5 Å². The lowest BCUT2D eigenvalue weighted by atomic mass is 10.0. The molecule has 1 aromatic heterocycles. The Morgan fingerprint density at radius 1 is 1.32 bits per heavy atom. The van der Waals surface area contributed by atoms with E-state index in [0.717, 1.165) is 17.4 Å². The molecule has 0 spiro atoms. The summed E-state index contributed by atoms with van der Waals surface area (Å²) in [6.07, 6.45) is 3.03. The zero-order chi connectivity index (χ0) is 20.3. The van der Waals surface area contributed by atoms with Crippen LogP contribution in [0.3, 0.4) is 0 Å². The van der Waals surface area contributed by atoms with Crippen molar-refractivity contribution >= 4 is 28.1 Å². The maximum absolute atomic E-state index is 13.4. The van der Waals surface area contributed by atoms with E-state index in [1.807, 2.05) is 19.2 Å². The van der Waals surface area contributed by atoms with Crippen LogP contribution in [-0.2, 0) is 11.3 Å². The third kappa shape index (κ3) is 5.08. The third-order valence-corrected chi connectivity index (χ3v) is 5.81. The monoisotopic (exact) mass is 404 g/mol. The molecule has 3 rings (SSSR count). The van der Waals surface area contributed by atoms with Crippen molar-refractivity contribution in [3.05, 3.63) is 41.2 Å². The molecule has 152 valence electrons. The summed E-state index contributed by atoms with van der Waals surface area (Å²) in [6.45, 7) is 7.48. The predicted octanol–water partition coefficient (Wildman–Crippen LogP) is 4.18. The van der Waals surface area contributed by atoms with E-state index in [1.165, 1.54) is 25.0 Å². The van der Waals surface area contributed by atoms with Gasteiger partial charge in [-0.3, -0.25) is 4.79 Å². The predicted molar refractivity (Wildman–Crippen MR) is 113 cm³/mol. The van der Waals surface area contributed by atoms with E-state index in [4.69, 9.17) is 10.7 Å². The number of nitrogens with two attached hydrogens (primary N) is 1. The highest BCUT2D eigenvalue weighted by atomic mass is 32.1. The molecular formula is C21H29FN4OS. The second kappa shape index (κ2) is 9.01. The lowest BCUT2D eigenvalue weighted by Crippen LogP contribution is -2.44. The van der Waals surface area contributed by atoms with E-state index >= 15 is 0 Å². The van der Waals surface area contributed by atoms with Crippen molar-refractivity contribution in [3.63, 3.8) is 0 Å². The highest BCUT2D eigenvalue weighted by Gasteiger charge is 2.30. The van der Waals surface area contributed by atoms with Gasteiger partial charge in [0.1, 0.15) is 5.82 Å². The summed E-state index contributed by atoms with van der Waals surface area (Å²) < 4.78 is 13.4. The third-order valence-electron chi connectivity index (χ3n) is 4.88. The number of anilines is 2. The molecule has 0 radical (unpaired) electrons. The Morgan fingerprint density at radius 3 is 2.57 bits per heavy atom. The molecule has 0 saturated heterocycles. The Bertz CT molecular complexity index is 788. The molecule has 0 unspecified atom stereocenters. The van der Waals surface area contributed by atoms with Crippen molar-refractivity contribution in [2.45, 2.75) is 58.7 Å². The van der Waals surface area contributed by atoms with E-state index < -0.39 is 6.04 Å². The van der Waals surface area contributed by atoms with Crippen LogP contribution in [0.4, 0.5) is 15.2 Å². The lowest BCUT2D eigenvalue weighted by Gasteiger charge is -2.26. The number of halogens is 1. The van der Waals surface area contributed by atoms with Gasteiger partial charge in [0.25, 0.3) is 0 Å². The first kappa shape index (κ1) is 20.7. The number of carbonyl (C=O) groups is 1. The largest absolute Gasteiger partial charge is 0.345 e. The molecule has 1 saturated carbocycles. The van der Waals surface area contributed by atoms with E-state index in [9.17, 15) is 9.18 Å². The van der Waals surface area contributed by atoms with E-state index in [2.05, 4.69) is 11.8 Å². The molecule has 2 N–H and O–H groups in total. The maximum atomic E-state index is 13.4. The Morgan fingerprint density at radius 2 is 2.00 bits per heavy atom. The van der Waals surface area contributed by atoms with Crippen LogP contribution in [0.2, 0.25) is 0 Å². The molecule has 1 fully saturated rings. The zero-order valence-corrected chi connectivity index (χ0v) is 17.6. The normalized spacial score (nSPS) is 14.9. The fourth-order valence-electron chi connectivity index (χ4n) is 3.33. The number of thiazole rings is 1. The molecule has 0 bridgehead atoms. The van der Waals surface area contributed by atoms with Crippen molar-refractivity contribution in [3.8, 4) is 0 Å². The average molecular weight is 405 g/mol. The standard InChI is InChI=1S/C21H29FN4OS/c1-4-25(17-9-10-17)21-24-16(13-28-21)12-26(18-7-5-15(22)6-8-18)20(27)19(23)11-14(2)3/h5-8,13-14,17,19H,4,9-12,23H2,1-3H3/t19-/m1/s1. The second-order valence-electron chi connectivity index (χ2n) is 7.78. The van der Waals surface area contributed by atoms with Crippen molar-refractivity contribution in [1.82, 2.24) is 4.98 Å². The molecule has 1 atom stereocenters. The highest BCUT2D eigenvalue weighted by Crippen LogP contribution is 2.33. The fraction of sp³-hybridized carbons (Fsp3) is 0.524. The summed E-state index contributed by atoms with van der Waals surface area (Å²) in [6, 6.07) is 5.96. The van der Waals surface area contributed by atoms with Crippen LogP contribution in [-0.4, -0.2) is 29.5 Å². The minimum atomic E-state index is -0.596. The number of amides is 1. The van der Waals surface area contributed by atoms with E-state index in [0.29, 0.717) is 30.6 Å². The number of hydrogen-bond acceptors (Lipinski definition) is 5. The average Bonchev–Trinajstić information content (AvgIpc) is 3.38. The summed E-state index contributed by atoms with van der Waals surface area (Å²) in [5.74, 6) is -0.178. The Balaban J connectivity index is 1.81. The number of carbonyl (C=O) groups excluding carboxylic acids is 1.